The Labute approximate surface area is 147 Å². The molecule has 0 heterocycles. The first-order chi connectivity index (χ1) is 11.3. The third kappa shape index (κ3) is 4.35. The molecule has 2 aromatic carbocycles. The molecule has 2 rings (SSSR count). The minimum absolute atomic E-state index is 0.203. The second-order valence-electron chi connectivity index (χ2n) is 5.35. The molecular formula is C17H19ClN2O3S. The monoisotopic (exact) mass is 366 g/mol. The Morgan fingerprint density at radius 1 is 1.08 bits per heavy atom. The van der Waals surface area contributed by atoms with Crippen LogP contribution in [0.15, 0.2) is 53.4 Å². The van der Waals surface area contributed by atoms with E-state index in [0.717, 1.165) is 5.56 Å². The van der Waals surface area contributed by atoms with Gasteiger partial charge in [0.25, 0.3) is 0 Å². The van der Waals surface area contributed by atoms with Gasteiger partial charge in [0.1, 0.15) is 0 Å². The van der Waals surface area contributed by atoms with Gasteiger partial charge >= 0.3 is 0 Å². The molecule has 1 amide bonds. The van der Waals surface area contributed by atoms with Crippen molar-refractivity contribution in [1.82, 2.24) is 4.31 Å². The third-order valence-electron chi connectivity index (χ3n) is 3.52. The van der Waals surface area contributed by atoms with Gasteiger partial charge in [-0.2, -0.15) is 4.31 Å². The molecule has 0 unspecified atom stereocenters. The number of hydrogen-bond donors (Lipinski definition) is 1. The fourth-order valence-corrected chi connectivity index (χ4v) is 3.91. The van der Waals surface area contributed by atoms with Gasteiger partial charge in [0, 0.05) is 23.7 Å². The van der Waals surface area contributed by atoms with Crippen molar-refractivity contribution in [1.29, 1.82) is 0 Å². The molecule has 0 aliphatic carbocycles. The summed E-state index contributed by atoms with van der Waals surface area (Å²) in [5.74, 6) is -0.513. The topological polar surface area (TPSA) is 80.5 Å². The molecule has 5 nitrogen and oxygen atoms in total. The van der Waals surface area contributed by atoms with Crippen molar-refractivity contribution >= 4 is 27.5 Å². The molecular weight excluding hydrogens is 348 g/mol. The van der Waals surface area contributed by atoms with Gasteiger partial charge in [-0.25, -0.2) is 8.42 Å². The zero-order valence-electron chi connectivity index (χ0n) is 13.3. The summed E-state index contributed by atoms with van der Waals surface area (Å²) < 4.78 is 27.1. The van der Waals surface area contributed by atoms with Crippen molar-refractivity contribution in [3.05, 3.63) is 64.7 Å². The van der Waals surface area contributed by atoms with Crippen LogP contribution in [0, 0.1) is 0 Å². The molecule has 7 heteroatoms. The lowest BCUT2D eigenvalue weighted by molar-refractivity contribution is 0.1000. The molecule has 0 spiro atoms. The van der Waals surface area contributed by atoms with Gasteiger partial charge in [0.05, 0.1) is 4.90 Å². The Hall–Kier alpha value is -1.89. The van der Waals surface area contributed by atoms with Gasteiger partial charge in [-0.3, -0.25) is 4.79 Å². The molecule has 2 aromatic rings. The van der Waals surface area contributed by atoms with E-state index >= 15 is 0 Å². The van der Waals surface area contributed by atoms with E-state index in [-0.39, 0.29) is 11.4 Å². The molecule has 0 saturated carbocycles. The number of carbonyl (C=O) groups is 1. The summed E-state index contributed by atoms with van der Waals surface area (Å²) in [6, 6.07) is 12.7. The summed E-state index contributed by atoms with van der Waals surface area (Å²) in [4.78, 5) is 11.3. The normalized spacial score (nSPS) is 11.6. The van der Waals surface area contributed by atoms with E-state index in [1.165, 1.54) is 16.4 Å². The molecule has 0 bridgehead atoms. The van der Waals surface area contributed by atoms with Crippen LogP contribution in [-0.2, 0) is 16.6 Å². The van der Waals surface area contributed by atoms with Crippen LogP contribution in [0.4, 0.5) is 0 Å². The van der Waals surface area contributed by atoms with E-state index in [9.17, 15) is 13.2 Å². The van der Waals surface area contributed by atoms with Crippen molar-refractivity contribution in [2.24, 2.45) is 5.73 Å². The zero-order valence-corrected chi connectivity index (χ0v) is 14.8. The molecule has 2 N–H and O–H groups in total. The first-order valence-corrected chi connectivity index (χ1v) is 9.31. The Morgan fingerprint density at radius 2 is 1.67 bits per heavy atom. The van der Waals surface area contributed by atoms with Crippen molar-refractivity contribution in [2.75, 3.05) is 6.54 Å². The average molecular weight is 367 g/mol. The number of sulfonamides is 1. The third-order valence-corrected chi connectivity index (χ3v) is 5.63. The number of amides is 1. The van der Waals surface area contributed by atoms with Gasteiger partial charge < -0.3 is 5.73 Å². The fourth-order valence-electron chi connectivity index (χ4n) is 2.27. The lowest BCUT2D eigenvalue weighted by Crippen LogP contribution is -2.31. The highest BCUT2D eigenvalue weighted by Crippen LogP contribution is 2.21. The lowest BCUT2D eigenvalue weighted by atomic mass is 10.1. The van der Waals surface area contributed by atoms with Crippen LogP contribution in [0.25, 0.3) is 0 Å². The molecule has 0 saturated heterocycles. The number of carbonyl (C=O) groups excluding carboxylic acids is 1. The average Bonchev–Trinajstić information content (AvgIpc) is 2.55. The van der Waals surface area contributed by atoms with Crippen LogP contribution in [0.1, 0.15) is 29.3 Å². The maximum absolute atomic E-state index is 12.8. The molecule has 0 aliphatic heterocycles. The van der Waals surface area contributed by atoms with E-state index in [4.69, 9.17) is 17.3 Å². The zero-order chi connectivity index (χ0) is 17.7. The summed E-state index contributed by atoms with van der Waals surface area (Å²) in [5.41, 5.74) is 6.39. The van der Waals surface area contributed by atoms with Crippen molar-refractivity contribution in [3.63, 3.8) is 0 Å². The quantitative estimate of drug-likeness (QED) is 0.817. The molecule has 0 aliphatic rings. The number of primary amides is 1. The number of hydrogen-bond acceptors (Lipinski definition) is 3. The molecule has 0 fully saturated rings. The Morgan fingerprint density at radius 3 is 2.17 bits per heavy atom. The minimum atomic E-state index is -3.62. The molecule has 128 valence electrons. The van der Waals surface area contributed by atoms with Crippen molar-refractivity contribution in [2.45, 2.75) is 24.8 Å². The van der Waals surface area contributed by atoms with Crippen molar-refractivity contribution in [3.8, 4) is 0 Å². The van der Waals surface area contributed by atoms with Gasteiger partial charge in [0.2, 0.25) is 15.9 Å². The van der Waals surface area contributed by atoms with E-state index in [0.29, 0.717) is 23.6 Å². The molecule has 24 heavy (non-hydrogen) atoms. The number of rotatable bonds is 7. The van der Waals surface area contributed by atoms with E-state index in [1.807, 2.05) is 6.92 Å². The summed E-state index contributed by atoms with van der Waals surface area (Å²) >= 11 is 5.83. The number of halogens is 1. The standard InChI is InChI=1S/C17H19ClN2O3S/c1-2-11-20(12-13-3-5-14(6-4-13)17(19)21)24(22,23)16-9-7-15(18)8-10-16/h3-10H,2,11-12H2,1H3,(H2,19,21). The Balaban J connectivity index is 2.28. The highest BCUT2D eigenvalue weighted by atomic mass is 35.5. The maximum Gasteiger partial charge on any atom is 0.248 e. The minimum Gasteiger partial charge on any atom is -0.366 e. The summed E-state index contributed by atoms with van der Waals surface area (Å²) in [6.07, 6.45) is 0.687. The van der Waals surface area contributed by atoms with E-state index < -0.39 is 15.9 Å². The number of nitrogens with two attached hydrogens (primary N) is 1. The van der Waals surface area contributed by atoms with Gasteiger partial charge in [-0.1, -0.05) is 30.7 Å². The smallest absolute Gasteiger partial charge is 0.248 e. The van der Waals surface area contributed by atoms with Gasteiger partial charge in [-0.15, -0.1) is 0 Å². The number of nitrogens with zero attached hydrogens (tertiary/aromatic N) is 1. The second kappa shape index (κ2) is 7.79. The van der Waals surface area contributed by atoms with Crippen LogP contribution in [0.2, 0.25) is 5.02 Å². The molecule has 0 atom stereocenters. The SMILES string of the molecule is CCCN(Cc1ccc(C(N)=O)cc1)S(=O)(=O)c1ccc(Cl)cc1. The first-order valence-electron chi connectivity index (χ1n) is 7.49. The largest absolute Gasteiger partial charge is 0.366 e. The molecule has 0 aromatic heterocycles. The van der Waals surface area contributed by atoms with Crippen LogP contribution >= 0.6 is 11.6 Å². The van der Waals surface area contributed by atoms with Crippen LogP contribution in [0.5, 0.6) is 0 Å². The highest BCUT2D eigenvalue weighted by Gasteiger charge is 2.23. The van der Waals surface area contributed by atoms with Crippen LogP contribution in [0.3, 0.4) is 0 Å². The van der Waals surface area contributed by atoms with Gasteiger partial charge in [-0.05, 0) is 48.4 Å². The van der Waals surface area contributed by atoms with Crippen molar-refractivity contribution < 1.29 is 13.2 Å². The predicted molar refractivity (Wildman–Crippen MR) is 94.3 cm³/mol. The summed E-state index contributed by atoms with van der Waals surface area (Å²) in [7, 11) is -3.62. The van der Waals surface area contributed by atoms with E-state index in [2.05, 4.69) is 0 Å². The van der Waals surface area contributed by atoms with Crippen LogP contribution < -0.4 is 5.73 Å². The second-order valence-corrected chi connectivity index (χ2v) is 7.73. The fraction of sp³-hybridized carbons (Fsp3) is 0.235. The predicted octanol–water partition coefficient (Wildman–Crippen LogP) is 3.04. The maximum atomic E-state index is 12.8. The first kappa shape index (κ1) is 18.4. The molecule has 0 radical (unpaired) electrons. The van der Waals surface area contributed by atoms with Gasteiger partial charge in [0.15, 0.2) is 0 Å². The Bertz CT molecular complexity index is 803. The summed E-state index contributed by atoms with van der Waals surface area (Å²) in [6.45, 7) is 2.53. The Kier molecular flexibility index (Phi) is 5.99. The van der Waals surface area contributed by atoms with Crippen LogP contribution in [-0.4, -0.2) is 25.2 Å². The summed E-state index contributed by atoms with van der Waals surface area (Å²) in [5, 5.41) is 0.484. The van der Waals surface area contributed by atoms with E-state index in [1.54, 1.807) is 36.4 Å². The number of benzene rings is 2. The highest BCUT2D eigenvalue weighted by molar-refractivity contribution is 7.89. The lowest BCUT2D eigenvalue weighted by Gasteiger charge is -2.22.